The zero-order valence-electron chi connectivity index (χ0n) is 8.44. The van der Waals surface area contributed by atoms with Gasteiger partial charge in [0.15, 0.2) is 5.78 Å². The van der Waals surface area contributed by atoms with Crippen molar-refractivity contribution in [2.24, 2.45) is 4.99 Å². The highest BCUT2D eigenvalue weighted by atomic mass is 16.1. The van der Waals surface area contributed by atoms with Crippen molar-refractivity contribution in [1.29, 1.82) is 0 Å². The van der Waals surface area contributed by atoms with Gasteiger partial charge in [-0.05, 0) is 6.42 Å². The minimum atomic E-state index is 0.130. The van der Waals surface area contributed by atoms with Crippen LogP contribution in [0.2, 0.25) is 0 Å². The summed E-state index contributed by atoms with van der Waals surface area (Å²) in [5.41, 5.74) is 0.760. The molecule has 14 heavy (non-hydrogen) atoms. The van der Waals surface area contributed by atoms with Crippen LogP contribution < -0.4 is 0 Å². The van der Waals surface area contributed by atoms with Gasteiger partial charge in [0.1, 0.15) is 0 Å². The van der Waals surface area contributed by atoms with Crippen LogP contribution in [0.3, 0.4) is 0 Å². The summed E-state index contributed by atoms with van der Waals surface area (Å²) in [5, 5.41) is 0. The number of hydrogen-bond acceptors (Lipinski definition) is 2. The Balaban J connectivity index is 2.44. The van der Waals surface area contributed by atoms with E-state index < -0.39 is 0 Å². The molecule has 0 aliphatic heterocycles. The van der Waals surface area contributed by atoms with Gasteiger partial charge in [0.2, 0.25) is 0 Å². The first-order valence-electron chi connectivity index (χ1n) is 4.91. The van der Waals surface area contributed by atoms with E-state index in [-0.39, 0.29) is 5.78 Å². The Morgan fingerprint density at radius 1 is 1.36 bits per heavy atom. The molecular weight excluding hydrogens is 174 g/mol. The van der Waals surface area contributed by atoms with Crippen molar-refractivity contribution in [3.05, 3.63) is 35.9 Å². The summed E-state index contributed by atoms with van der Waals surface area (Å²) in [6, 6.07) is 9.31. The molecule has 0 amide bonds. The summed E-state index contributed by atoms with van der Waals surface area (Å²) < 4.78 is 0. The minimum absolute atomic E-state index is 0.130. The molecule has 1 aromatic carbocycles. The van der Waals surface area contributed by atoms with Crippen LogP contribution >= 0.6 is 0 Å². The predicted molar refractivity (Wildman–Crippen MR) is 59.0 cm³/mol. The second kappa shape index (κ2) is 6.08. The molecule has 1 rings (SSSR count). The molecule has 0 aliphatic carbocycles. The highest BCUT2D eigenvalue weighted by Gasteiger charge is 2.01. The second-order valence-electron chi connectivity index (χ2n) is 3.08. The maximum atomic E-state index is 11.5. The number of rotatable bonds is 5. The summed E-state index contributed by atoms with van der Waals surface area (Å²) in [6.07, 6.45) is 3.14. The van der Waals surface area contributed by atoms with Crippen LogP contribution in [0.1, 0.15) is 30.1 Å². The SMILES string of the molecule is CCCN=CCC(=O)c1ccccc1. The van der Waals surface area contributed by atoms with Crippen molar-refractivity contribution in [3.63, 3.8) is 0 Å². The van der Waals surface area contributed by atoms with Crippen LogP contribution in [-0.2, 0) is 0 Å². The number of aliphatic imine (C=N–C) groups is 1. The third-order valence-corrected chi connectivity index (χ3v) is 1.85. The van der Waals surface area contributed by atoms with Crippen LogP contribution in [0.15, 0.2) is 35.3 Å². The van der Waals surface area contributed by atoms with Crippen molar-refractivity contribution in [2.45, 2.75) is 19.8 Å². The molecule has 0 aliphatic rings. The minimum Gasteiger partial charge on any atom is -0.297 e. The predicted octanol–water partition coefficient (Wildman–Crippen LogP) is 2.74. The third kappa shape index (κ3) is 3.52. The maximum absolute atomic E-state index is 11.5. The Labute approximate surface area is 84.7 Å². The lowest BCUT2D eigenvalue weighted by atomic mass is 10.1. The quantitative estimate of drug-likeness (QED) is 0.517. The summed E-state index contributed by atoms with van der Waals surface area (Å²) in [5.74, 6) is 0.130. The maximum Gasteiger partial charge on any atom is 0.168 e. The molecule has 0 unspecified atom stereocenters. The van der Waals surface area contributed by atoms with Crippen molar-refractivity contribution < 1.29 is 4.79 Å². The topological polar surface area (TPSA) is 29.4 Å². The summed E-state index contributed by atoms with van der Waals surface area (Å²) in [6.45, 7) is 2.87. The van der Waals surface area contributed by atoms with Gasteiger partial charge in [-0.15, -0.1) is 0 Å². The summed E-state index contributed by atoms with van der Waals surface area (Å²) >= 11 is 0. The van der Waals surface area contributed by atoms with E-state index in [1.165, 1.54) is 0 Å². The van der Waals surface area contributed by atoms with E-state index in [0.717, 1.165) is 18.5 Å². The lowest BCUT2D eigenvalue weighted by molar-refractivity contribution is 0.100. The number of ketones is 1. The van der Waals surface area contributed by atoms with E-state index in [9.17, 15) is 4.79 Å². The second-order valence-corrected chi connectivity index (χ2v) is 3.08. The van der Waals surface area contributed by atoms with E-state index in [4.69, 9.17) is 0 Å². The number of Topliss-reactive ketones (excluding diaryl/α,β-unsaturated/α-hetero) is 1. The Morgan fingerprint density at radius 2 is 2.07 bits per heavy atom. The molecule has 0 heterocycles. The van der Waals surface area contributed by atoms with E-state index in [0.29, 0.717) is 6.42 Å². The monoisotopic (exact) mass is 189 g/mol. The number of benzene rings is 1. The van der Waals surface area contributed by atoms with Gasteiger partial charge in [-0.25, -0.2) is 0 Å². The van der Waals surface area contributed by atoms with Gasteiger partial charge in [-0.3, -0.25) is 9.79 Å². The number of carbonyl (C=O) groups is 1. The van der Waals surface area contributed by atoms with E-state index >= 15 is 0 Å². The third-order valence-electron chi connectivity index (χ3n) is 1.85. The molecule has 0 bridgehead atoms. The Hall–Kier alpha value is -1.44. The van der Waals surface area contributed by atoms with Crippen LogP contribution in [0.4, 0.5) is 0 Å². The fourth-order valence-electron chi connectivity index (χ4n) is 1.11. The Bertz CT molecular complexity index is 303. The first kappa shape index (κ1) is 10.6. The zero-order valence-corrected chi connectivity index (χ0v) is 8.44. The molecule has 0 saturated heterocycles. The summed E-state index contributed by atoms with van der Waals surface area (Å²) in [4.78, 5) is 15.6. The molecule has 0 fully saturated rings. The van der Waals surface area contributed by atoms with E-state index in [1.807, 2.05) is 30.3 Å². The van der Waals surface area contributed by atoms with Gasteiger partial charge in [0.25, 0.3) is 0 Å². The molecule has 2 heteroatoms. The van der Waals surface area contributed by atoms with E-state index in [1.54, 1.807) is 6.21 Å². The Morgan fingerprint density at radius 3 is 2.71 bits per heavy atom. The van der Waals surface area contributed by atoms with Crippen LogP contribution in [-0.4, -0.2) is 18.5 Å². The van der Waals surface area contributed by atoms with Gasteiger partial charge >= 0.3 is 0 Å². The van der Waals surface area contributed by atoms with Crippen molar-refractivity contribution in [1.82, 2.24) is 0 Å². The highest BCUT2D eigenvalue weighted by molar-refractivity contribution is 6.03. The molecular formula is C12H15NO. The smallest absolute Gasteiger partial charge is 0.168 e. The first-order valence-corrected chi connectivity index (χ1v) is 4.91. The average molecular weight is 189 g/mol. The van der Waals surface area contributed by atoms with Crippen LogP contribution in [0, 0.1) is 0 Å². The lowest BCUT2D eigenvalue weighted by Crippen LogP contribution is -1.99. The Kier molecular flexibility index (Phi) is 4.62. The number of hydrogen-bond donors (Lipinski definition) is 0. The van der Waals surface area contributed by atoms with Gasteiger partial charge in [0.05, 0.1) is 0 Å². The van der Waals surface area contributed by atoms with Gasteiger partial charge in [0, 0.05) is 24.7 Å². The largest absolute Gasteiger partial charge is 0.297 e. The fourth-order valence-corrected chi connectivity index (χ4v) is 1.11. The van der Waals surface area contributed by atoms with Gasteiger partial charge in [-0.2, -0.15) is 0 Å². The molecule has 74 valence electrons. The molecule has 0 saturated carbocycles. The van der Waals surface area contributed by atoms with E-state index in [2.05, 4.69) is 11.9 Å². The first-order chi connectivity index (χ1) is 6.84. The van der Waals surface area contributed by atoms with Crippen LogP contribution in [0.25, 0.3) is 0 Å². The molecule has 0 atom stereocenters. The van der Waals surface area contributed by atoms with Crippen LogP contribution in [0.5, 0.6) is 0 Å². The van der Waals surface area contributed by atoms with Gasteiger partial charge in [-0.1, -0.05) is 37.3 Å². The molecule has 1 aromatic rings. The normalized spacial score (nSPS) is 10.6. The fraction of sp³-hybridized carbons (Fsp3) is 0.333. The van der Waals surface area contributed by atoms with Crippen molar-refractivity contribution in [3.8, 4) is 0 Å². The molecule has 0 aromatic heterocycles. The van der Waals surface area contributed by atoms with Crippen molar-refractivity contribution in [2.75, 3.05) is 6.54 Å². The zero-order chi connectivity index (χ0) is 10.2. The number of nitrogens with zero attached hydrogens (tertiary/aromatic N) is 1. The highest BCUT2D eigenvalue weighted by Crippen LogP contribution is 2.01. The molecule has 0 N–H and O–H groups in total. The molecule has 2 nitrogen and oxygen atoms in total. The lowest BCUT2D eigenvalue weighted by Gasteiger charge is -1.95. The number of carbonyl (C=O) groups excluding carboxylic acids is 1. The van der Waals surface area contributed by atoms with Crippen molar-refractivity contribution >= 4 is 12.0 Å². The van der Waals surface area contributed by atoms with Gasteiger partial charge < -0.3 is 0 Å². The molecule has 0 spiro atoms. The standard InChI is InChI=1S/C12H15NO/c1-2-9-13-10-8-12(14)11-6-4-3-5-7-11/h3-7,10H,2,8-9H2,1H3. The summed E-state index contributed by atoms with van der Waals surface area (Å²) in [7, 11) is 0. The molecule has 0 radical (unpaired) electrons. The average Bonchev–Trinajstić information content (AvgIpc) is 2.25.